The topological polar surface area (TPSA) is 120 Å². The fraction of sp³-hybridized carbons (Fsp3) is 1.00. The zero-order valence-electron chi connectivity index (χ0n) is 5.58. The molecule has 0 heterocycles. The van der Waals surface area contributed by atoms with Crippen molar-refractivity contribution in [1.29, 1.82) is 0 Å². The molecule has 7 nitrogen and oxygen atoms in total. The van der Waals surface area contributed by atoms with E-state index in [1.807, 2.05) is 0 Å². The van der Waals surface area contributed by atoms with Gasteiger partial charge >= 0.3 is 0 Å². The van der Waals surface area contributed by atoms with Crippen LogP contribution in [0.1, 0.15) is 0 Å². The molecule has 1 unspecified atom stereocenters. The molecular formula is C2H6N3O4PS. The quantitative estimate of drug-likeness (QED) is 0.240. The molecule has 11 heavy (non-hydrogen) atoms. The number of nitrogens with zero attached hydrogens (tertiary/aromatic N) is 3. The van der Waals surface area contributed by atoms with Crippen LogP contribution in [0.15, 0.2) is 4.88 Å². The molecule has 0 aliphatic rings. The first-order chi connectivity index (χ1) is 4.77. The molecule has 1 atom stereocenters. The van der Waals surface area contributed by atoms with Gasteiger partial charge in [0.15, 0.2) is 7.29 Å². The number of azide groups is 1. The summed E-state index contributed by atoms with van der Waals surface area (Å²) in [6.07, 6.45) is 0. The third kappa shape index (κ3) is 5.87. The van der Waals surface area contributed by atoms with Crippen LogP contribution in [-0.2, 0) is 14.7 Å². The van der Waals surface area contributed by atoms with E-state index in [0.29, 0.717) is 0 Å². The Kier molecular flexibility index (Phi) is 3.07. The maximum atomic E-state index is 10.9. The molecule has 0 rings (SSSR count). The summed E-state index contributed by atoms with van der Waals surface area (Å²) in [5.74, 6) is 0. The summed E-state index contributed by atoms with van der Waals surface area (Å²) in [6.45, 7) is 0.973. The zero-order valence-corrected chi connectivity index (χ0v) is 7.29. The zero-order chi connectivity index (χ0) is 9.12. The molecule has 0 bridgehead atoms. The molecule has 0 spiro atoms. The van der Waals surface area contributed by atoms with Crippen molar-refractivity contribution in [2.75, 3.05) is 12.2 Å². The maximum absolute atomic E-state index is 10.9. The van der Waals surface area contributed by atoms with Crippen molar-refractivity contribution in [2.45, 2.75) is 0 Å². The first-order valence-corrected chi connectivity index (χ1v) is 6.25. The molecule has 0 radical (unpaired) electrons. The summed E-state index contributed by atoms with van der Waals surface area (Å²) in [6, 6.07) is 0. The lowest BCUT2D eigenvalue weighted by atomic mass is 11.9. The van der Waals surface area contributed by atoms with Gasteiger partial charge in [0.2, 0.25) is 0 Å². The number of hydrogen-bond acceptors (Lipinski definition) is 3. The summed E-state index contributed by atoms with van der Waals surface area (Å²) in [7, 11) is -7.78. The highest BCUT2D eigenvalue weighted by Crippen LogP contribution is 2.43. The minimum atomic E-state index is -4.33. The van der Waals surface area contributed by atoms with Crippen LogP contribution in [0.2, 0.25) is 0 Å². The molecule has 64 valence electrons. The van der Waals surface area contributed by atoms with Crippen molar-refractivity contribution in [1.82, 2.24) is 0 Å². The van der Waals surface area contributed by atoms with E-state index in [1.165, 1.54) is 0 Å². The van der Waals surface area contributed by atoms with Gasteiger partial charge in [-0.1, -0.05) is 0 Å². The Balaban J connectivity index is 4.65. The van der Waals surface area contributed by atoms with E-state index in [-0.39, 0.29) is 0 Å². The third-order valence-corrected chi connectivity index (χ3v) is 4.31. The van der Waals surface area contributed by atoms with E-state index in [2.05, 4.69) is 9.80 Å². The minimum absolute atomic E-state index is 0.973. The van der Waals surface area contributed by atoms with Gasteiger partial charge in [-0.2, -0.15) is 8.42 Å². The first-order valence-electron chi connectivity index (χ1n) is 2.35. The molecule has 0 aliphatic heterocycles. The van der Waals surface area contributed by atoms with E-state index in [1.54, 1.807) is 0 Å². The SMILES string of the molecule is CP(=O)(CS(=O)(=O)O)N=[N+]=[N-]. The fourth-order valence-corrected chi connectivity index (χ4v) is 3.21. The van der Waals surface area contributed by atoms with Gasteiger partial charge in [-0.25, -0.2) is 0 Å². The second kappa shape index (κ2) is 3.23. The lowest BCUT2D eigenvalue weighted by molar-refractivity contribution is 0.487. The van der Waals surface area contributed by atoms with Crippen molar-refractivity contribution >= 4 is 17.4 Å². The molecule has 0 aromatic rings. The van der Waals surface area contributed by atoms with Crippen LogP contribution in [0, 0.1) is 0 Å². The van der Waals surface area contributed by atoms with Crippen LogP contribution in [0.25, 0.3) is 10.4 Å². The minimum Gasteiger partial charge on any atom is -0.316 e. The average molecular weight is 199 g/mol. The van der Waals surface area contributed by atoms with Gasteiger partial charge < -0.3 is 4.57 Å². The van der Waals surface area contributed by atoms with Gasteiger partial charge in [0.1, 0.15) is 5.49 Å². The van der Waals surface area contributed by atoms with E-state index >= 15 is 0 Å². The molecule has 0 saturated carbocycles. The monoisotopic (exact) mass is 199 g/mol. The Morgan fingerprint density at radius 1 is 1.73 bits per heavy atom. The Morgan fingerprint density at radius 3 is 2.45 bits per heavy atom. The molecule has 0 aliphatic carbocycles. The van der Waals surface area contributed by atoms with Crippen LogP contribution >= 0.6 is 7.29 Å². The fourth-order valence-electron chi connectivity index (χ4n) is 0.413. The molecule has 0 amide bonds. The van der Waals surface area contributed by atoms with Crippen molar-refractivity contribution < 1.29 is 17.5 Å². The van der Waals surface area contributed by atoms with Gasteiger partial charge in [0.25, 0.3) is 10.1 Å². The Labute approximate surface area is 63.2 Å². The van der Waals surface area contributed by atoms with Crippen LogP contribution < -0.4 is 0 Å². The Bertz CT molecular complexity index is 327. The standard InChI is InChI=1S/C2H6N3O4PS/c1-10(6,5-4-3)2-11(7,8)9/h2H2,1H3,(H,7,8,9). The van der Waals surface area contributed by atoms with E-state index in [4.69, 9.17) is 10.1 Å². The lowest BCUT2D eigenvalue weighted by Crippen LogP contribution is -2.02. The second-order valence-corrected chi connectivity index (χ2v) is 6.42. The van der Waals surface area contributed by atoms with Crippen LogP contribution in [0.3, 0.4) is 0 Å². The first kappa shape index (κ1) is 10.4. The highest BCUT2D eigenvalue weighted by molar-refractivity contribution is 7.94. The highest BCUT2D eigenvalue weighted by Gasteiger charge is 2.21. The predicted molar refractivity (Wildman–Crippen MR) is 39.1 cm³/mol. The summed E-state index contributed by atoms with van der Waals surface area (Å²) in [4.78, 5) is 4.92. The largest absolute Gasteiger partial charge is 0.316 e. The molecule has 1 N–H and O–H groups in total. The average Bonchev–Trinajstić information content (AvgIpc) is 1.55. The van der Waals surface area contributed by atoms with Crippen LogP contribution in [0.4, 0.5) is 0 Å². The summed E-state index contributed by atoms with van der Waals surface area (Å²) >= 11 is 0. The summed E-state index contributed by atoms with van der Waals surface area (Å²) < 4.78 is 39.3. The summed E-state index contributed by atoms with van der Waals surface area (Å²) in [5.41, 5.74) is 6.80. The summed E-state index contributed by atoms with van der Waals surface area (Å²) in [5, 5.41) is 0. The Hall–Kier alpha value is -0.550. The third-order valence-electron chi connectivity index (χ3n) is 0.632. The van der Waals surface area contributed by atoms with Crippen molar-refractivity contribution in [2.24, 2.45) is 4.88 Å². The molecule has 9 heteroatoms. The van der Waals surface area contributed by atoms with Crippen LogP contribution in [0.5, 0.6) is 0 Å². The van der Waals surface area contributed by atoms with Crippen molar-refractivity contribution in [3.8, 4) is 0 Å². The lowest BCUT2D eigenvalue weighted by Gasteiger charge is -2.00. The van der Waals surface area contributed by atoms with Crippen LogP contribution in [-0.4, -0.2) is 25.1 Å². The van der Waals surface area contributed by atoms with Crippen molar-refractivity contribution in [3.05, 3.63) is 10.4 Å². The second-order valence-electron chi connectivity index (χ2n) is 1.94. The predicted octanol–water partition coefficient (Wildman–Crippen LogP) is 1.05. The van der Waals surface area contributed by atoms with Gasteiger partial charge in [-0.3, -0.25) is 4.55 Å². The van der Waals surface area contributed by atoms with E-state index < -0.39 is 22.9 Å². The number of hydrogen-bond donors (Lipinski definition) is 1. The van der Waals surface area contributed by atoms with E-state index in [0.717, 1.165) is 6.66 Å². The van der Waals surface area contributed by atoms with Gasteiger partial charge in [-0.15, -0.1) is 0 Å². The molecule has 0 fully saturated rings. The molecule has 0 saturated heterocycles. The molecule has 0 aromatic carbocycles. The smallest absolute Gasteiger partial charge is 0.272 e. The molecular weight excluding hydrogens is 193 g/mol. The number of rotatable bonds is 3. The van der Waals surface area contributed by atoms with E-state index in [9.17, 15) is 13.0 Å². The highest BCUT2D eigenvalue weighted by atomic mass is 32.2. The normalized spacial score (nSPS) is 16.5. The maximum Gasteiger partial charge on any atom is 0.272 e. The van der Waals surface area contributed by atoms with Crippen molar-refractivity contribution in [3.63, 3.8) is 0 Å². The Morgan fingerprint density at radius 2 is 2.18 bits per heavy atom. The molecule has 0 aromatic heterocycles. The van der Waals surface area contributed by atoms with Gasteiger partial charge in [0.05, 0.1) is 0 Å². The van der Waals surface area contributed by atoms with Gasteiger partial charge in [0, 0.05) is 4.91 Å². The van der Waals surface area contributed by atoms with Gasteiger partial charge in [-0.05, 0) is 17.1 Å².